The molecule has 0 bridgehead atoms. The maximum absolute atomic E-state index is 13.6. The zero-order chi connectivity index (χ0) is 15.4. The summed E-state index contributed by atoms with van der Waals surface area (Å²) >= 11 is 5.75. The number of halogens is 2. The Bertz CT molecular complexity index is 743. The topological polar surface area (TPSA) is 76.2 Å². The third-order valence-electron chi connectivity index (χ3n) is 2.69. The van der Waals surface area contributed by atoms with Crippen LogP contribution in [0.5, 0.6) is 5.75 Å². The van der Waals surface area contributed by atoms with Crippen molar-refractivity contribution in [3.63, 3.8) is 0 Å². The summed E-state index contributed by atoms with van der Waals surface area (Å²) in [6, 6.07) is 9.75. The monoisotopic (exact) mass is 306 g/mol. The fourth-order valence-corrected chi connectivity index (χ4v) is 1.86. The van der Waals surface area contributed by atoms with Crippen molar-refractivity contribution in [1.29, 1.82) is 5.26 Å². The van der Waals surface area contributed by atoms with Crippen molar-refractivity contribution in [2.75, 3.05) is 0 Å². The van der Waals surface area contributed by atoms with Crippen LogP contribution in [0.1, 0.15) is 11.1 Å². The molecule has 106 valence electrons. The molecule has 2 rings (SSSR count). The van der Waals surface area contributed by atoms with E-state index in [0.717, 1.165) is 6.07 Å². The van der Waals surface area contributed by atoms with E-state index in [1.54, 1.807) is 0 Å². The van der Waals surface area contributed by atoms with Gasteiger partial charge in [-0.25, -0.2) is 4.39 Å². The summed E-state index contributed by atoms with van der Waals surface area (Å²) in [5.74, 6) is -0.267. The van der Waals surface area contributed by atoms with E-state index in [2.05, 4.69) is 0 Å². The smallest absolute Gasteiger partial charge is 0.288 e. The third-order valence-corrected chi connectivity index (χ3v) is 3.00. The first-order valence-corrected chi connectivity index (χ1v) is 6.14. The fourth-order valence-electron chi connectivity index (χ4n) is 1.62. The van der Waals surface area contributed by atoms with Gasteiger partial charge in [0.15, 0.2) is 0 Å². The highest BCUT2D eigenvalue weighted by atomic mass is 35.5. The third kappa shape index (κ3) is 3.46. The summed E-state index contributed by atoms with van der Waals surface area (Å²) in [5.41, 5.74) is 0.256. The number of ether oxygens (including phenoxy) is 1. The lowest BCUT2D eigenvalue weighted by molar-refractivity contribution is -0.384. The molecule has 0 unspecified atom stereocenters. The summed E-state index contributed by atoms with van der Waals surface area (Å²) < 4.78 is 19.0. The lowest BCUT2D eigenvalue weighted by Gasteiger charge is -2.07. The molecular formula is C14H8ClFN2O3. The Balaban J connectivity index is 2.12. The minimum atomic E-state index is -0.605. The lowest BCUT2D eigenvalue weighted by Crippen LogP contribution is -1.99. The molecule has 0 atom stereocenters. The normalized spacial score (nSPS) is 9.95. The minimum Gasteiger partial charge on any atom is -0.489 e. The van der Waals surface area contributed by atoms with Crippen molar-refractivity contribution < 1.29 is 14.1 Å². The van der Waals surface area contributed by atoms with Gasteiger partial charge in [-0.05, 0) is 18.2 Å². The molecule has 0 saturated heterocycles. The molecule has 0 aliphatic rings. The first-order valence-electron chi connectivity index (χ1n) is 5.76. The molecule has 0 amide bonds. The summed E-state index contributed by atoms with van der Waals surface area (Å²) in [7, 11) is 0. The Morgan fingerprint density at radius 1 is 1.33 bits per heavy atom. The number of nitrogens with zero attached hydrogens (tertiary/aromatic N) is 2. The van der Waals surface area contributed by atoms with E-state index in [1.807, 2.05) is 6.07 Å². The molecule has 2 aromatic carbocycles. The summed E-state index contributed by atoms with van der Waals surface area (Å²) in [6.45, 7) is -0.0777. The highest BCUT2D eigenvalue weighted by molar-refractivity contribution is 6.32. The first-order chi connectivity index (χ1) is 10.0. The predicted octanol–water partition coefficient (Wildman–Crippen LogP) is 3.84. The van der Waals surface area contributed by atoms with Crippen molar-refractivity contribution in [3.05, 3.63) is 68.5 Å². The van der Waals surface area contributed by atoms with Crippen molar-refractivity contribution in [2.45, 2.75) is 6.61 Å². The number of hydrogen-bond acceptors (Lipinski definition) is 4. The average molecular weight is 307 g/mol. The first kappa shape index (κ1) is 14.8. The Kier molecular flexibility index (Phi) is 4.36. The minimum absolute atomic E-state index is 0.0576. The van der Waals surface area contributed by atoms with Crippen LogP contribution in [0.2, 0.25) is 5.02 Å². The standard InChI is InChI=1S/C14H8ClFN2O3/c15-12-6-11(3-4-14(12)18(19)20)21-8-10-2-1-9(7-17)5-13(10)16/h1-6H,8H2. The van der Waals surface area contributed by atoms with Gasteiger partial charge < -0.3 is 4.74 Å². The van der Waals surface area contributed by atoms with E-state index in [1.165, 1.54) is 30.3 Å². The maximum atomic E-state index is 13.6. The average Bonchev–Trinajstić information content (AvgIpc) is 2.45. The molecule has 0 fully saturated rings. The van der Waals surface area contributed by atoms with Crippen molar-refractivity contribution in [1.82, 2.24) is 0 Å². The summed E-state index contributed by atoms with van der Waals surface area (Å²) in [4.78, 5) is 10.0. The zero-order valence-electron chi connectivity index (χ0n) is 10.5. The highest BCUT2D eigenvalue weighted by Crippen LogP contribution is 2.28. The van der Waals surface area contributed by atoms with Crippen LogP contribution in [0.25, 0.3) is 0 Å². The van der Waals surface area contributed by atoms with Crippen LogP contribution in [0.4, 0.5) is 10.1 Å². The van der Waals surface area contributed by atoms with E-state index in [9.17, 15) is 14.5 Å². The highest BCUT2D eigenvalue weighted by Gasteiger charge is 2.13. The van der Waals surface area contributed by atoms with Gasteiger partial charge in [-0.1, -0.05) is 17.7 Å². The van der Waals surface area contributed by atoms with E-state index in [0.29, 0.717) is 0 Å². The van der Waals surface area contributed by atoms with Gasteiger partial charge in [0, 0.05) is 17.7 Å². The molecule has 0 aliphatic heterocycles. The van der Waals surface area contributed by atoms with Gasteiger partial charge in [-0.2, -0.15) is 5.26 Å². The molecule has 0 spiro atoms. The Hall–Kier alpha value is -2.65. The van der Waals surface area contributed by atoms with Crippen LogP contribution in [-0.2, 0) is 6.61 Å². The van der Waals surface area contributed by atoms with E-state index in [-0.39, 0.29) is 34.2 Å². The van der Waals surface area contributed by atoms with Crippen LogP contribution >= 0.6 is 11.6 Å². The van der Waals surface area contributed by atoms with Gasteiger partial charge in [-0.15, -0.1) is 0 Å². The number of benzene rings is 2. The van der Waals surface area contributed by atoms with Crippen LogP contribution in [0.15, 0.2) is 36.4 Å². The molecule has 21 heavy (non-hydrogen) atoms. The van der Waals surface area contributed by atoms with Crippen LogP contribution in [0, 0.1) is 27.3 Å². The molecule has 0 saturated carbocycles. The summed E-state index contributed by atoms with van der Waals surface area (Å²) in [5, 5.41) is 19.2. The molecule has 0 heterocycles. The molecule has 0 N–H and O–H groups in total. The summed E-state index contributed by atoms with van der Waals surface area (Å²) in [6.07, 6.45) is 0. The number of nitro benzene ring substituents is 1. The lowest BCUT2D eigenvalue weighted by atomic mass is 10.1. The van der Waals surface area contributed by atoms with Gasteiger partial charge in [-0.3, -0.25) is 10.1 Å². The van der Waals surface area contributed by atoms with Gasteiger partial charge in [0.05, 0.1) is 16.6 Å². The van der Waals surface area contributed by atoms with E-state index in [4.69, 9.17) is 21.6 Å². The molecule has 0 radical (unpaired) electrons. The maximum Gasteiger partial charge on any atom is 0.288 e. The van der Waals surface area contributed by atoms with Crippen molar-refractivity contribution >= 4 is 17.3 Å². The number of rotatable bonds is 4. The Morgan fingerprint density at radius 2 is 2.10 bits per heavy atom. The zero-order valence-corrected chi connectivity index (χ0v) is 11.3. The number of nitriles is 1. The number of hydrogen-bond donors (Lipinski definition) is 0. The van der Waals surface area contributed by atoms with Gasteiger partial charge in [0.2, 0.25) is 0 Å². The molecule has 0 aromatic heterocycles. The second-order valence-corrected chi connectivity index (χ2v) is 4.48. The van der Waals surface area contributed by atoms with E-state index < -0.39 is 10.7 Å². The Morgan fingerprint density at radius 3 is 2.67 bits per heavy atom. The fraction of sp³-hybridized carbons (Fsp3) is 0.0714. The van der Waals surface area contributed by atoms with Crippen molar-refractivity contribution in [3.8, 4) is 11.8 Å². The second-order valence-electron chi connectivity index (χ2n) is 4.08. The molecule has 0 aliphatic carbocycles. The van der Waals surface area contributed by atoms with E-state index >= 15 is 0 Å². The molecule has 2 aromatic rings. The molecule has 5 nitrogen and oxygen atoms in total. The van der Waals surface area contributed by atoms with Crippen LogP contribution < -0.4 is 4.74 Å². The van der Waals surface area contributed by atoms with Crippen molar-refractivity contribution in [2.24, 2.45) is 0 Å². The number of nitro groups is 1. The quantitative estimate of drug-likeness (QED) is 0.635. The van der Waals surface area contributed by atoms with Crippen LogP contribution in [0.3, 0.4) is 0 Å². The molecular weight excluding hydrogens is 299 g/mol. The predicted molar refractivity (Wildman–Crippen MR) is 73.6 cm³/mol. The van der Waals surface area contributed by atoms with Gasteiger partial charge >= 0.3 is 0 Å². The SMILES string of the molecule is N#Cc1ccc(COc2ccc([N+](=O)[O-])c(Cl)c2)c(F)c1. The van der Waals surface area contributed by atoms with Crippen LogP contribution in [-0.4, -0.2) is 4.92 Å². The van der Waals surface area contributed by atoms with Gasteiger partial charge in [0.25, 0.3) is 5.69 Å². The molecule has 7 heteroatoms. The Labute approximate surface area is 124 Å². The second kappa shape index (κ2) is 6.20. The largest absolute Gasteiger partial charge is 0.489 e. The van der Waals surface area contributed by atoms with Gasteiger partial charge in [0.1, 0.15) is 23.2 Å².